The van der Waals surface area contributed by atoms with Crippen molar-refractivity contribution >= 4 is 44.1 Å². The number of rotatable bonds is 2. The van der Waals surface area contributed by atoms with Gasteiger partial charge in [-0.25, -0.2) is 4.98 Å². The molecule has 3 aromatic heterocycles. The number of amides is 1. The summed E-state index contributed by atoms with van der Waals surface area (Å²) in [6, 6.07) is 13.6. The molecule has 0 saturated carbocycles. The average molecular weight is 404 g/mol. The largest absolute Gasteiger partial charge is 0.353 e. The van der Waals surface area contributed by atoms with E-state index >= 15 is 0 Å². The number of aromatic nitrogens is 2. The normalized spacial score (nSPS) is 14.7. The van der Waals surface area contributed by atoms with Crippen molar-refractivity contribution in [3.63, 3.8) is 0 Å². The van der Waals surface area contributed by atoms with Crippen LogP contribution in [0.25, 0.3) is 21.0 Å². The first-order valence-corrected chi connectivity index (χ1v) is 10.4. The van der Waals surface area contributed by atoms with Crippen molar-refractivity contribution in [2.75, 3.05) is 31.1 Å². The van der Waals surface area contributed by atoms with Gasteiger partial charge in [0, 0.05) is 48.0 Å². The van der Waals surface area contributed by atoms with E-state index in [9.17, 15) is 9.59 Å². The van der Waals surface area contributed by atoms with Crippen LogP contribution in [-0.4, -0.2) is 47.0 Å². The number of carbonyl (C=O) groups excluding carboxylic acids is 1. The van der Waals surface area contributed by atoms with E-state index in [0.717, 1.165) is 40.1 Å². The zero-order valence-corrected chi connectivity index (χ0v) is 16.8. The van der Waals surface area contributed by atoms with Crippen LogP contribution in [0, 0.1) is 6.92 Å². The molecule has 0 unspecified atom stereocenters. The van der Waals surface area contributed by atoms with Crippen LogP contribution in [0.2, 0.25) is 0 Å². The van der Waals surface area contributed by atoms with Gasteiger partial charge in [-0.15, -0.1) is 11.3 Å². The van der Waals surface area contributed by atoms with Crippen LogP contribution in [0.3, 0.4) is 0 Å². The summed E-state index contributed by atoms with van der Waals surface area (Å²) in [6.07, 6.45) is 1.79. The first kappa shape index (κ1) is 17.9. The Morgan fingerprint density at radius 3 is 2.66 bits per heavy atom. The Labute approximate surface area is 171 Å². The first-order chi connectivity index (χ1) is 14.1. The second-order valence-corrected chi connectivity index (χ2v) is 8.38. The Balaban J connectivity index is 1.43. The third-order valence-corrected chi connectivity index (χ3v) is 6.55. The number of hydrogen-bond donors (Lipinski definition) is 1. The standard InChI is InChI=1S/C22H20N4O2S/c1-14-5-6-17-15(12-14)20-16(21(27)24-17)13-18(29-20)22(28)26-10-8-25(9-11-26)19-4-2-3-7-23-19/h2-7,12-13H,8-11H2,1H3,(H,24,27). The van der Waals surface area contributed by atoms with E-state index in [0.29, 0.717) is 23.4 Å². The number of H-pyrrole nitrogens is 1. The van der Waals surface area contributed by atoms with Gasteiger partial charge in [0.2, 0.25) is 0 Å². The fraction of sp³-hybridized carbons (Fsp3) is 0.227. The Hall–Kier alpha value is -3.19. The topological polar surface area (TPSA) is 69.3 Å². The van der Waals surface area contributed by atoms with E-state index < -0.39 is 0 Å². The van der Waals surface area contributed by atoms with Gasteiger partial charge in [-0.1, -0.05) is 17.7 Å². The van der Waals surface area contributed by atoms with Gasteiger partial charge in [0.1, 0.15) is 5.82 Å². The zero-order chi connectivity index (χ0) is 20.0. The van der Waals surface area contributed by atoms with E-state index in [2.05, 4.69) is 20.9 Å². The van der Waals surface area contributed by atoms with E-state index in [1.165, 1.54) is 11.3 Å². The number of nitrogens with zero attached hydrogens (tertiary/aromatic N) is 3. The number of thiophene rings is 1. The number of aryl methyl sites for hydroxylation is 1. The third kappa shape index (κ3) is 3.17. The number of pyridine rings is 2. The zero-order valence-electron chi connectivity index (χ0n) is 16.0. The fourth-order valence-corrected chi connectivity index (χ4v) is 5.00. The molecule has 0 spiro atoms. The molecule has 1 saturated heterocycles. The van der Waals surface area contributed by atoms with Gasteiger partial charge < -0.3 is 14.8 Å². The van der Waals surface area contributed by atoms with E-state index in [4.69, 9.17) is 0 Å². The SMILES string of the molecule is Cc1ccc2[nH]c(=O)c3cc(C(=O)N4CCN(c5ccccn5)CC4)sc3c2c1. The highest BCUT2D eigenvalue weighted by Crippen LogP contribution is 2.31. The van der Waals surface area contributed by atoms with E-state index in [-0.39, 0.29) is 11.5 Å². The lowest BCUT2D eigenvalue weighted by Crippen LogP contribution is -2.48. The Bertz CT molecular complexity index is 1270. The van der Waals surface area contributed by atoms with Crippen LogP contribution in [0.1, 0.15) is 15.2 Å². The van der Waals surface area contributed by atoms with Crippen LogP contribution in [0.5, 0.6) is 0 Å². The monoisotopic (exact) mass is 404 g/mol. The summed E-state index contributed by atoms with van der Waals surface area (Å²) in [5.41, 5.74) is 1.78. The maximum atomic E-state index is 13.1. The highest BCUT2D eigenvalue weighted by Gasteiger charge is 2.24. The summed E-state index contributed by atoms with van der Waals surface area (Å²) in [7, 11) is 0. The molecule has 1 N–H and O–H groups in total. The molecule has 0 bridgehead atoms. The second-order valence-electron chi connectivity index (χ2n) is 7.32. The van der Waals surface area contributed by atoms with Crippen molar-refractivity contribution < 1.29 is 4.79 Å². The Morgan fingerprint density at radius 2 is 1.90 bits per heavy atom. The van der Waals surface area contributed by atoms with Crippen LogP contribution in [0.4, 0.5) is 5.82 Å². The summed E-state index contributed by atoms with van der Waals surface area (Å²) in [4.78, 5) is 37.6. The van der Waals surface area contributed by atoms with Crippen LogP contribution >= 0.6 is 11.3 Å². The number of nitrogens with one attached hydrogen (secondary N) is 1. The Kier molecular flexibility index (Phi) is 4.32. The molecule has 146 valence electrons. The number of piperazine rings is 1. The lowest BCUT2D eigenvalue weighted by molar-refractivity contribution is 0.0751. The highest BCUT2D eigenvalue weighted by molar-refractivity contribution is 7.21. The summed E-state index contributed by atoms with van der Waals surface area (Å²) >= 11 is 1.41. The molecule has 4 aromatic rings. The minimum atomic E-state index is -0.147. The molecule has 1 fully saturated rings. The van der Waals surface area contributed by atoms with Crippen molar-refractivity contribution in [3.8, 4) is 0 Å². The van der Waals surface area contributed by atoms with Crippen molar-refractivity contribution in [2.24, 2.45) is 0 Å². The van der Waals surface area contributed by atoms with Crippen molar-refractivity contribution in [1.29, 1.82) is 0 Å². The molecule has 0 atom stereocenters. The molecular formula is C22H20N4O2S. The van der Waals surface area contributed by atoms with Crippen LogP contribution < -0.4 is 10.5 Å². The van der Waals surface area contributed by atoms with Crippen molar-refractivity contribution in [3.05, 3.63) is 69.5 Å². The van der Waals surface area contributed by atoms with Crippen molar-refractivity contribution in [2.45, 2.75) is 6.92 Å². The molecular weight excluding hydrogens is 384 g/mol. The van der Waals surface area contributed by atoms with Gasteiger partial charge >= 0.3 is 0 Å². The fourth-order valence-electron chi connectivity index (χ4n) is 3.85. The number of aromatic amines is 1. The summed E-state index contributed by atoms with van der Waals surface area (Å²) < 4.78 is 0.878. The maximum absolute atomic E-state index is 13.1. The van der Waals surface area contributed by atoms with Gasteiger partial charge in [-0.3, -0.25) is 9.59 Å². The Morgan fingerprint density at radius 1 is 1.07 bits per heavy atom. The van der Waals surface area contributed by atoms with Crippen LogP contribution in [0.15, 0.2) is 53.5 Å². The van der Waals surface area contributed by atoms with Gasteiger partial charge in [-0.2, -0.15) is 0 Å². The lowest BCUT2D eigenvalue weighted by atomic mass is 10.1. The molecule has 29 heavy (non-hydrogen) atoms. The minimum absolute atomic E-state index is 0.00734. The number of benzene rings is 1. The molecule has 5 rings (SSSR count). The number of hydrogen-bond acceptors (Lipinski definition) is 5. The molecule has 1 aliphatic heterocycles. The highest BCUT2D eigenvalue weighted by atomic mass is 32.1. The summed E-state index contributed by atoms with van der Waals surface area (Å²) in [5, 5.41) is 1.58. The molecule has 0 aliphatic carbocycles. The van der Waals surface area contributed by atoms with Gasteiger partial charge in [0.25, 0.3) is 11.5 Å². The molecule has 1 amide bonds. The summed E-state index contributed by atoms with van der Waals surface area (Å²) in [5.74, 6) is 0.932. The van der Waals surface area contributed by atoms with Gasteiger partial charge in [-0.05, 0) is 37.3 Å². The predicted molar refractivity (Wildman–Crippen MR) is 117 cm³/mol. The van der Waals surface area contributed by atoms with Gasteiger partial charge in [0.15, 0.2) is 0 Å². The smallest absolute Gasteiger partial charge is 0.264 e. The number of anilines is 1. The quantitative estimate of drug-likeness (QED) is 0.556. The molecule has 1 aromatic carbocycles. The van der Waals surface area contributed by atoms with Gasteiger partial charge in [0.05, 0.1) is 10.3 Å². The number of fused-ring (bicyclic) bond motifs is 3. The molecule has 7 heteroatoms. The minimum Gasteiger partial charge on any atom is -0.353 e. The molecule has 0 radical (unpaired) electrons. The maximum Gasteiger partial charge on any atom is 0.264 e. The first-order valence-electron chi connectivity index (χ1n) is 9.61. The molecule has 4 heterocycles. The second kappa shape index (κ2) is 7.00. The number of carbonyl (C=O) groups is 1. The van der Waals surface area contributed by atoms with E-state index in [1.807, 2.05) is 42.2 Å². The van der Waals surface area contributed by atoms with Crippen molar-refractivity contribution in [1.82, 2.24) is 14.9 Å². The molecule has 1 aliphatic rings. The van der Waals surface area contributed by atoms with E-state index in [1.54, 1.807) is 12.3 Å². The van der Waals surface area contributed by atoms with Crippen LogP contribution in [-0.2, 0) is 0 Å². The average Bonchev–Trinajstić information content (AvgIpc) is 3.21. The third-order valence-electron chi connectivity index (χ3n) is 5.40. The lowest BCUT2D eigenvalue weighted by Gasteiger charge is -2.35. The molecule has 6 nitrogen and oxygen atoms in total. The summed E-state index contributed by atoms with van der Waals surface area (Å²) in [6.45, 7) is 4.80. The predicted octanol–water partition coefficient (Wildman–Crippen LogP) is 3.41.